The number of aliphatic hydroxyl groups excluding tert-OH is 4. The molecule has 0 radical (unpaired) electrons. The van der Waals surface area contributed by atoms with Crippen molar-refractivity contribution in [2.75, 3.05) is 13.2 Å². The van der Waals surface area contributed by atoms with Crippen LogP contribution in [0.25, 0.3) is 0 Å². The number of rotatable bonds is 9. The largest absolute Gasteiger partial charge is 0.461 e. The van der Waals surface area contributed by atoms with E-state index >= 15 is 0 Å². The Balaban J connectivity index is 2.71. The van der Waals surface area contributed by atoms with E-state index in [0.717, 1.165) is 0 Å². The fourth-order valence-electron chi connectivity index (χ4n) is 2.68. The van der Waals surface area contributed by atoms with Gasteiger partial charge in [0.2, 0.25) is 0 Å². The van der Waals surface area contributed by atoms with Crippen LogP contribution in [0.15, 0.2) is 5.10 Å². The lowest BCUT2D eigenvalue weighted by Crippen LogP contribution is -2.59. The number of carbonyl (C=O) groups excluding carboxylic acids is 2. The number of amides is 1. The molecule has 0 aromatic heterocycles. The molecule has 16 heteroatoms. The Kier molecular flexibility index (Phi) is 10.7. The topological polar surface area (TPSA) is 248 Å². The van der Waals surface area contributed by atoms with Gasteiger partial charge in [-0.05, 0) is 33.6 Å². The van der Waals surface area contributed by atoms with Gasteiger partial charge < -0.3 is 51.0 Å². The van der Waals surface area contributed by atoms with Crippen molar-refractivity contribution in [3.8, 4) is 0 Å². The van der Waals surface area contributed by atoms with Crippen LogP contribution >= 0.6 is 0 Å². The van der Waals surface area contributed by atoms with Crippen molar-refractivity contribution in [1.29, 1.82) is 0 Å². The highest BCUT2D eigenvalue weighted by molar-refractivity contribution is 5.81. The molecule has 0 saturated carbocycles. The molecule has 16 nitrogen and oxygen atoms in total. The Hall–Kier alpha value is -2.79. The molecule has 0 spiro atoms. The number of esters is 1. The van der Waals surface area contributed by atoms with E-state index in [9.17, 15) is 40.1 Å². The molecular weight excluding hydrogens is 450 g/mol. The Labute approximate surface area is 188 Å². The monoisotopic (exact) mass is 481 g/mol. The minimum atomic E-state index is -1.81. The molecule has 1 aliphatic heterocycles. The van der Waals surface area contributed by atoms with Crippen LogP contribution in [0.2, 0.25) is 0 Å². The van der Waals surface area contributed by atoms with Crippen LogP contribution in [0.1, 0.15) is 33.6 Å². The third-order valence-electron chi connectivity index (χ3n) is 4.22. The summed E-state index contributed by atoms with van der Waals surface area (Å²) in [5.41, 5.74) is 4.45. The molecule has 190 valence electrons. The van der Waals surface area contributed by atoms with E-state index in [4.69, 9.17) is 19.9 Å². The van der Waals surface area contributed by atoms with Crippen LogP contribution < -0.4 is 16.4 Å². The van der Waals surface area contributed by atoms with Gasteiger partial charge in [0.15, 0.2) is 11.3 Å². The van der Waals surface area contributed by atoms with Gasteiger partial charge in [0.25, 0.3) is 5.96 Å². The number of nitrogens with zero attached hydrogens (tertiary/aromatic N) is 2. The van der Waals surface area contributed by atoms with Crippen LogP contribution in [-0.4, -0.2) is 99.0 Å². The van der Waals surface area contributed by atoms with Gasteiger partial charge in [-0.1, -0.05) is 0 Å². The summed E-state index contributed by atoms with van der Waals surface area (Å²) < 4.78 is 15.1. The van der Waals surface area contributed by atoms with Gasteiger partial charge in [0.05, 0.1) is 0 Å². The zero-order valence-electron chi connectivity index (χ0n) is 18.4. The SMILES string of the molecule is CC(C)(C)OC(=O)N[C@H](CCCN/C(N)=N/[N+](=O)[O-])C(=O)OC[C@H]1O[C@H](O)[C@@H](O)[C@@H](O)[C@H]1O. The van der Waals surface area contributed by atoms with E-state index in [1.807, 2.05) is 0 Å². The van der Waals surface area contributed by atoms with Crippen LogP contribution in [0.5, 0.6) is 0 Å². The molecule has 33 heavy (non-hydrogen) atoms. The molecule has 1 rings (SSSR count). The smallest absolute Gasteiger partial charge is 0.408 e. The van der Waals surface area contributed by atoms with E-state index < -0.39 is 72.0 Å². The van der Waals surface area contributed by atoms with Crippen molar-refractivity contribution in [3.05, 3.63) is 10.1 Å². The van der Waals surface area contributed by atoms with E-state index in [-0.39, 0.29) is 19.4 Å². The molecule has 1 saturated heterocycles. The van der Waals surface area contributed by atoms with Crippen molar-refractivity contribution >= 4 is 18.0 Å². The number of guanidine groups is 1. The Morgan fingerprint density at radius 1 is 1.21 bits per heavy atom. The predicted octanol–water partition coefficient (Wildman–Crippen LogP) is -2.90. The zero-order chi connectivity index (χ0) is 25.3. The Morgan fingerprint density at radius 2 is 1.85 bits per heavy atom. The molecule has 1 heterocycles. The molecule has 1 aliphatic rings. The van der Waals surface area contributed by atoms with Gasteiger partial charge in [-0.3, -0.25) is 0 Å². The number of hydrazone groups is 1. The standard InChI is InChI=1S/C17H31N5O11/c1-17(2,3)33-16(28)20-8(5-4-6-19-15(18)21-22(29)30)13(26)31-7-9-10(23)11(24)12(25)14(27)32-9/h8-12,14,23-25,27H,4-7H2,1-3H3,(H,20,28)(H3,18,19,21)/t8-,9-,10+,11+,12+,14+/m1/s1. The number of ether oxygens (including phenoxy) is 3. The predicted molar refractivity (Wildman–Crippen MR) is 109 cm³/mol. The quantitative estimate of drug-likeness (QED) is 0.0436. The third kappa shape index (κ3) is 10.1. The maximum atomic E-state index is 12.5. The summed E-state index contributed by atoms with van der Waals surface area (Å²) >= 11 is 0. The Bertz CT molecular complexity index is 714. The molecule has 8 N–H and O–H groups in total. The molecule has 0 unspecified atom stereocenters. The number of carbonyl (C=O) groups is 2. The lowest BCUT2D eigenvalue weighted by Gasteiger charge is -2.38. The molecular formula is C17H31N5O11. The van der Waals surface area contributed by atoms with Crippen LogP contribution in [0.4, 0.5) is 4.79 Å². The van der Waals surface area contributed by atoms with Gasteiger partial charge in [-0.15, -0.1) is 0 Å². The van der Waals surface area contributed by atoms with E-state index in [0.29, 0.717) is 0 Å². The summed E-state index contributed by atoms with van der Waals surface area (Å²) in [5.74, 6) is -1.39. The van der Waals surface area contributed by atoms with Gasteiger partial charge in [-0.2, -0.15) is 0 Å². The highest BCUT2D eigenvalue weighted by Gasteiger charge is 2.43. The zero-order valence-corrected chi connectivity index (χ0v) is 18.4. The number of nitrogens with two attached hydrogens (primary N) is 1. The summed E-state index contributed by atoms with van der Waals surface area (Å²) in [6.07, 6.45) is -9.00. The number of hydrogen-bond acceptors (Lipinski definition) is 11. The molecule has 0 bridgehead atoms. The molecule has 1 fully saturated rings. The van der Waals surface area contributed by atoms with Crippen LogP contribution in [-0.2, 0) is 19.0 Å². The highest BCUT2D eigenvalue weighted by atomic mass is 16.7. The van der Waals surface area contributed by atoms with Crippen LogP contribution in [0.3, 0.4) is 0 Å². The first-order valence-electron chi connectivity index (χ1n) is 9.97. The normalized spacial score (nSPS) is 26.8. The summed E-state index contributed by atoms with van der Waals surface area (Å²) in [6.45, 7) is 4.33. The van der Waals surface area contributed by atoms with Gasteiger partial charge in [0.1, 0.15) is 47.8 Å². The van der Waals surface area contributed by atoms with Gasteiger partial charge in [0, 0.05) is 6.54 Å². The highest BCUT2D eigenvalue weighted by Crippen LogP contribution is 2.20. The molecule has 1 amide bonds. The lowest BCUT2D eigenvalue weighted by atomic mass is 9.99. The first-order valence-corrected chi connectivity index (χ1v) is 9.97. The summed E-state index contributed by atoms with van der Waals surface area (Å²) in [5, 5.41) is 55.6. The number of hydrogen-bond donors (Lipinski definition) is 7. The molecule has 6 atom stereocenters. The fraction of sp³-hybridized carbons (Fsp3) is 0.824. The van der Waals surface area contributed by atoms with Gasteiger partial charge >= 0.3 is 12.1 Å². The first kappa shape index (κ1) is 28.2. The second-order valence-corrected chi connectivity index (χ2v) is 8.16. The fourth-order valence-corrected chi connectivity index (χ4v) is 2.68. The van der Waals surface area contributed by atoms with Crippen molar-refractivity contribution in [2.45, 2.75) is 76.0 Å². The number of aliphatic hydroxyl groups is 4. The van der Waals surface area contributed by atoms with Crippen molar-refractivity contribution in [1.82, 2.24) is 10.6 Å². The number of alkyl carbamates (subject to hydrolysis) is 1. The molecule has 0 aliphatic carbocycles. The summed E-state index contributed by atoms with van der Waals surface area (Å²) in [7, 11) is 0. The minimum absolute atomic E-state index is 0.00510. The van der Waals surface area contributed by atoms with Crippen molar-refractivity contribution < 1.29 is 49.3 Å². The second kappa shape index (κ2) is 12.4. The van der Waals surface area contributed by atoms with Crippen molar-refractivity contribution in [3.63, 3.8) is 0 Å². The number of nitrogens with one attached hydrogen (secondary N) is 2. The maximum Gasteiger partial charge on any atom is 0.408 e. The summed E-state index contributed by atoms with van der Waals surface area (Å²) in [6, 6.07) is -1.23. The lowest BCUT2D eigenvalue weighted by molar-refractivity contribution is -0.485. The average molecular weight is 481 g/mol. The van der Waals surface area contributed by atoms with E-state index in [2.05, 4.69) is 15.7 Å². The van der Waals surface area contributed by atoms with Crippen molar-refractivity contribution in [2.24, 2.45) is 10.8 Å². The van der Waals surface area contributed by atoms with E-state index in [1.165, 1.54) is 0 Å². The molecule has 0 aromatic rings. The first-order chi connectivity index (χ1) is 15.2. The molecule has 0 aromatic carbocycles. The summed E-state index contributed by atoms with van der Waals surface area (Å²) in [4.78, 5) is 34.9. The van der Waals surface area contributed by atoms with Gasteiger partial charge in [-0.25, -0.2) is 19.7 Å². The average Bonchev–Trinajstić information content (AvgIpc) is 2.68. The minimum Gasteiger partial charge on any atom is -0.461 e. The maximum absolute atomic E-state index is 12.5. The Morgan fingerprint density at radius 3 is 2.42 bits per heavy atom. The second-order valence-electron chi connectivity index (χ2n) is 8.16. The van der Waals surface area contributed by atoms with Crippen LogP contribution in [0, 0.1) is 10.1 Å². The third-order valence-corrected chi connectivity index (χ3v) is 4.22. The van der Waals surface area contributed by atoms with E-state index in [1.54, 1.807) is 20.8 Å². The number of nitro groups is 1.